The van der Waals surface area contributed by atoms with Crippen molar-refractivity contribution in [3.05, 3.63) is 22.4 Å². The van der Waals surface area contributed by atoms with E-state index in [0.29, 0.717) is 18.8 Å². The number of halogens is 1. The van der Waals surface area contributed by atoms with E-state index in [1.807, 2.05) is 0 Å². The van der Waals surface area contributed by atoms with Gasteiger partial charge < -0.3 is 9.72 Å². The number of nitrogens with one attached hydrogen (secondary N) is 1. The highest BCUT2D eigenvalue weighted by molar-refractivity contribution is 9.10. The topological polar surface area (TPSA) is 65.6 Å². The molecule has 1 aromatic rings. The van der Waals surface area contributed by atoms with Crippen molar-refractivity contribution in [3.63, 3.8) is 0 Å². The van der Waals surface area contributed by atoms with E-state index in [4.69, 9.17) is 4.74 Å². The van der Waals surface area contributed by atoms with E-state index >= 15 is 0 Å². The third-order valence-electron chi connectivity index (χ3n) is 2.75. The van der Waals surface area contributed by atoms with Crippen LogP contribution in [0.25, 0.3) is 0 Å². The van der Waals surface area contributed by atoms with Crippen molar-refractivity contribution in [1.29, 1.82) is 0 Å². The highest BCUT2D eigenvalue weighted by atomic mass is 79.9. The first-order valence-electron chi connectivity index (χ1n) is 6.44. The van der Waals surface area contributed by atoms with Crippen molar-refractivity contribution in [1.82, 2.24) is 15.0 Å². The molecule has 1 saturated heterocycles. The molecule has 1 aliphatic rings. The third kappa shape index (κ3) is 3.33. The lowest BCUT2D eigenvalue weighted by Crippen LogP contribution is -2.47. The van der Waals surface area contributed by atoms with E-state index in [9.17, 15) is 9.59 Å². The van der Waals surface area contributed by atoms with Gasteiger partial charge in [-0.3, -0.25) is 4.79 Å². The number of H-pyrrole nitrogens is 1. The summed E-state index contributed by atoms with van der Waals surface area (Å²) in [7, 11) is 0. The van der Waals surface area contributed by atoms with Gasteiger partial charge in [-0.05, 0) is 49.2 Å². The maximum absolute atomic E-state index is 12.4. The number of hydrogen-bond donors (Lipinski definition) is 1. The first-order valence-corrected chi connectivity index (χ1v) is 7.23. The summed E-state index contributed by atoms with van der Waals surface area (Å²) in [6, 6.07) is 1.69. The normalized spacial score (nSPS) is 15.6. The first kappa shape index (κ1) is 14.9. The molecule has 6 nitrogen and oxygen atoms in total. The molecule has 110 valence electrons. The number of hydrazine groups is 1. The molecule has 2 rings (SSSR count). The van der Waals surface area contributed by atoms with Gasteiger partial charge in [-0.15, -0.1) is 0 Å². The molecule has 2 amide bonds. The lowest BCUT2D eigenvalue weighted by Gasteiger charge is -2.30. The van der Waals surface area contributed by atoms with Gasteiger partial charge in [-0.2, -0.15) is 0 Å². The van der Waals surface area contributed by atoms with Crippen LogP contribution in [0.4, 0.5) is 4.79 Å². The van der Waals surface area contributed by atoms with Gasteiger partial charge in [0.15, 0.2) is 0 Å². The standard InChI is InChI=1S/C13H18BrN3O3/c1-13(2,3)20-12(19)17-6-4-5-16(17)11(18)10-7-9(14)8-15-10/h7-8,15H,4-6H2,1-3H3. The predicted molar refractivity (Wildman–Crippen MR) is 77.1 cm³/mol. The van der Waals surface area contributed by atoms with Gasteiger partial charge >= 0.3 is 6.09 Å². The SMILES string of the molecule is CC(C)(C)OC(=O)N1CCCN1C(=O)c1cc(Br)c[nH]1. The molecule has 1 aromatic heterocycles. The molecule has 0 saturated carbocycles. The Morgan fingerprint density at radius 3 is 2.50 bits per heavy atom. The quantitative estimate of drug-likeness (QED) is 0.852. The van der Waals surface area contributed by atoms with Crippen molar-refractivity contribution in [2.45, 2.75) is 32.8 Å². The van der Waals surface area contributed by atoms with Gasteiger partial charge in [-0.25, -0.2) is 14.8 Å². The molecule has 20 heavy (non-hydrogen) atoms. The second-order valence-corrected chi connectivity index (χ2v) is 6.53. The molecule has 0 bridgehead atoms. The Balaban J connectivity index is 2.11. The zero-order valence-electron chi connectivity index (χ0n) is 11.8. The monoisotopic (exact) mass is 343 g/mol. The molecule has 1 aliphatic heterocycles. The lowest BCUT2D eigenvalue weighted by molar-refractivity contribution is -0.0195. The number of nitrogens with zero attached hydrogens (tertiary/aromatic N) is 2. The van der Waals surface area contributed by atoms with Crippen molar-refractivity contribution >= 4 is 27.9 Å². The van der Waals surface area contributed by atoms with Crippen LogP contribution < -0.4 is 0 Å². The number of rotatable bonds is 1. The van der Waals surface area contributed by atoms with E-state index in [1.54, 1.807) is 33.0 Å². The van der Waals surface area contributed by atoms with Gasteiger partial charge in [0.1, 0.15) is 11.3 Å². The van der Waals surface area contributed by atoms with Gasteiger partial charge in [0, 0.05) is 23.8 Å². The maximum Gasteiger partial charge on any atom is 0.429 e. The van der Waals surface area contributed by atoms with Gasteiger partial charge in [0.05, 0.1) is 0 Å². The van der Waals surface area contributed by atoms with Gasteiger partial charge in [0.25, 0.3) is 5.91 Å². The minimum atomic E-state index is -0.580. The number of carbonyl (C=O) groups is 2. The molecule has 1 N–H and O–H groups in total. The third-order valence-corrected chi connectivity index (χ3v) is 3.21. The molecule has 0 radical (unpaired) electrons. The van der Waals surface area contributed by atoms with E-state index in [1.165, 1.54) is 10.0 Å². The molecule has 0 spiro atoms. The van der Waals surface area contributed by atoms with Crippen LogP contribution in [0.15, 0.2) is 16.7 Å². The molecular formula is C13H18BrN3O3. The van der Waals surface area contributed by atoms with E-state index in [0.717, 1.165) is 10.9 Å². The maximum atomic E-state index is 12.4. The lowest BCUT2D eigenvalue weighted by atomic mass is 10.2. The fraction of sp³-hybridized carbons (Fsp3) is 0.538. The summed E-state index contributed by atoms with van der Waals surface area (Å²) in [6.45, 7) is 6.40. The minimum absolute atomic E-state index is 0.237. The molecule has 1 fully saturated rings. The summed E-state index contributed by atoms with van der Waals surface area (Å²) in [5, 5.41) is 2.79. The number of ether oxygens (including phenoxy) is 1. The zero-order chi connectivity index (χ0) is 14.9. The van der Waals surface area contributed by atoms with Crippen LogP contribution in [0, 0.1) is 0 Å². The number of hydrogen-bond acceptors (Lipinski definition) is 3. The summed E-state index contributed by atoms with van der Waals surface area (Å²) >= 11 is 3.29. The Hall–Kier alpha value is -1.50. The average Bonchev–Trinajstić information content (AvgIpc) is 2.93. The van der Waals surface area contributed by atoms with Gasteiger partial charge in [-0.1, -0.05) is 0 Å². The molecule has 0 aliphatic carbocycles. The molecule has 0 unspecified atom stereocenters. The highest BCUT2D eigenvalue weighted by Crippen LogP contribution is 2.20. The predicted octanol–water partition coefficient (Wildman–Crippen LogP) is 2.78. The molecule has 7 heteroatoms. The molecule has 2 heterocycles. The van der Waals surface area contributed by atoms with Crippen LogP contribution in [-0.4, -0.2) is 45.7 Å². The number of carbonyl (C=O) groups excluding carboxylic acids is 2. The van der Waals surface area contributed by atoms with E-state index in [2.05, 4.69) is 20.9 Å². The molecule has 0 atom stereocenters. The molecular weight excluding hydrogens is 326 g/mol. The van der Waals surface area contributed by atoms with Crippen molar-refractivity contribution in [3.8, 4) is 0 Å². The largest absolute Gasteiger partial charge is 0.442 e. The Labute approximate surface area is 126 Å². The number of aromatic nitrogens is 1. The van der Waals surface area contributed by atoms with Crippen LogP contribution in [-0.2, 0) is 4.74 Å². The highest BCUT2D eigenvalue weighted by Gasteiger charge is 2.34. The Morgan fingerprint density at radius 1 is 1.30 bits per heavy atom. The summed E-state index contributed by atoms with van der Waals surface area (Å²) in [6.07, 6.45) is 1.93. The van der Waals surface area contributed by atoms with Crippen LogP contribution in [0.2, 0.25) is 0 Å². The van der Waals surface area contributed by atoms with E-state index < -0.39 is 11.7 Å². The fourth-order valence-corrected chi connectivity index (χ4v) is 2.30. The van der Waals surface area contributed by atoms with Gasteiger partial charge in [0.2, 0.25) is 0 Å². The first-order chi connectivity index (χ1) is 9.28. The second-order valence-electron chi connectivity index (χ2n) is 5.62. The van der Waals surface area contributed by atoms with Crippen LogP contribution in [0.1, 0.15) is 37.7 Å². The van der Waals surface area contributed by atoms with Crippen molar-refractivity contribution < 1.29 is 14.3 Å². The Kier molecular flexibility index (Phi) is 4.08. The molecule has 0 aromatic carbocycles. The fourth-order valence-electron chi connectivity index (χ4n) is 1.96. The smallest absolute Gasteiger partial charge is 0.429 e. The van der Waals surface area contributed by atoms with Crippen LogP contribution in [0.3, 0.4) is 0 Å². The van der Waals surface area contributed by atoms with Crippen LogP contribution in [0.5, 0.6) is 0 Å². The summed E-state index contributed by atoms with van der Waals surface area (Å²) in [5.41, 5.74) is -0.142. The number of amides is 2. The van der Waals surface area contributed by atoms with E-state index in [-0.39, 0.29) is 5.91 Å². The summed E-state index contributed by atoms with van der Waals surface area (Å²) in [5.74, 6) is -0.237. The average molecular weight is 344 g/mol. The number of aromatic amines is 1. The van der Waals surface area contributed by atoms with Crippen molar-refractivity contribution in [2.75, 3.05) is 13.1 Å². The summed E-state index contributed by atoms with van der Waals surface area (Å²) < 4.78 is 6.11. The van der Waals surface area contributed by atoms with Crippen molar-refractivity contribution in [2.24, 2.45) is 0 Å². The second kappa shape index (κ2) is 5.47. The van der Waals surface area contributed by atoms with Crippen LogP contribution >= 0.6 is 15.9 Å². The Morgan fingerprint density at radius 2 is 1.95 bits per heavy atom. The summed E-state index contributed by atoms with van der Waals surface area (Å²) in [4.78, 5) is 27.3. The Bertz CT molecular complexity index is 521. The zero-order valence-corrected chi connectivity index (χ0v) is 13.4. The minimum Gasteiger partial charge on any atom is -0.442 e.